The molecular formula is C11H12ClN3O. The molecule has 1 aromatic rings. The van der Waals surface area contributed by atoms with E-state index in [0.29, 0.717) is 16.3 Å². The van der Waals surface area contributed by atoms with Crippen molar-refractivity contribution in [2.24, 2.45) is 10.7 Å². The van der Waals surface area contributed by atoms with Crippen LogP contribution in [-0.2, 0) is 0 Å². The van der Waals surface area contributed by atoms with E-state index < -0.39 is 0 Å². The van der Waals surface area contributed by atoms with Gasteiger partial charge in [0, 0.05) is 13.3 Å². The Bertz CT molecular complexity index is 441. The third kappa shape index (κ3) is 3.10. The second-order valence-electron chi connectivity index (χ2n) is 2.91. The Hall–Kier alpha value is -1.81. The van der Waals surface area contributed by atoms with Gasteiger partial charge in [-0.3, -0.25) is 9.79 Å². The number of allylic oxidation sites excluding steroid dienone is 1. The third-order valence-corrected chi connectivity index (χ3v) is 2.16. The van der Waals surface area contributed by atoms with Gasteiger partial charge in [0.25, 0.3) is 5.91 Å². The van der Waals surface area contributed by atoms with Crippen molar-refractivity contribution in [2.45, 2.75) is 0 Å². The molecule has 5 heteroatoms. The number of amides is 1. The van der Waals surface area contributed by atoms with Gasteiger partial charge in [-0.25, -0.2) is 0 Å². The first-order valence-electron chi connectivity index (χ1n) is 4.61. The van der Waals surface area contributed by atoms with Crippen LogP contribution in [0.5, 0.6) is 0 Å². The van der Waals surface area contributed by atoms with Crippen molar-refractivity contribution < 1.29 is 4.79 Å². The molecule has 84 valence electrons. The second kappa shape index (κ2) is 5.92. The average Bonchev–Trinajstić information content (AvgIpc) is 2.29. The predicted molar refractivity (Wildman–Crippen MR) is 66.3 cm³/mol. The number of hydrogen-bond acceptors (Lipinski definition) is 3. The summed E-state index contributed by atoms with van der Waals surface area (Å²) in [5.41, 5.74) is 6.24. The lowest BCUT2D eigenvalue weighted by atomic mass is 10.2. The second-order valence-corrected chi connectivity index (χ2v) is 3.31. The molecule has 0 saturated carbocycles. The van der Waals surface area contributed by atoms with Crippen LogP contribution in [0, 0.1) is 0 Å². The van der Waals surface area contributed by atoms with Crippen LogP contribution in [-0.4, -0.2) is 19.2 Å². The molecule has 0 spiro atoms. The number of hydrogen-bond donors (Lipinski definition) is 2. The molecule has 0 heterocycles. The van der Waals surface area contributed by atoms with Crippen molar-refractivity contribution in [3.63, 3.8) is 0 Å². The van der Waals surface area contributed by atoms with Crippen molar-refractivity contribution in [3.05, 3.63) is 41.1 Å². The number of rotatable bonds is 3. The first-order valence-corrected chi connectivity index (χ1v) is 4.99. The SMILES string of the molecule is CNC(=O)c1ccc(N=C/C=C\N)cc1Cl. The Morgan fingerprint density at radius 2 is 2.31 bits per heavy atom. The van der Waals surface area contributed by atoms with Gasteiger partial charge in [-0.2, -0.15) is 0 Å². The summed E-state index contributed by atoms with van der Waals surface area (Å²) in [5.74, 6) is -0.220. The van der Waals surface area contributed by atoms with Gasteiger partial charge in [0.1, 0.15) is 0 Å². The zero-order valence-electron chi connectivity index (χ0n) is 8.77. The Morgan fingerprint density at radius 1 is 1.56 bits per heavy atom. The highest BCUT2D eigenvalue weighted by atomic mass is 35.5. The van der Waals surface area contributed by atoms with Crippen LogP contribution in [0.4, 0.5) is 5.69 Å². The highest BCUT2D eigenvalue weighted by Crippen LogP contribution is 2.22. The maximum atomic E-state index is 11.3. The molecule has 0 unspecified atom stereocenters. The number of nitrogens with zero attached hydrogens (tertiary/aromatic N) is 1. The Kier molecular flexibility index (Phi) is 4.54. The molecule has 1 aromatic carbocycles. The Morgan fingerprint density at radius 3 is 2.88 bits per heavy atom. The number of carbonyl (C=O) groups is 1. The molecule has 3 N–H and O–H groups in total. The lowest BCUT2D eigenvalue weighted by Crippen LogP contribution is -2.17. The van der Waals surface area contributed by atoms with Gasteiger partial charge in [-0.15, -0.1) is 0 Å². The van der Waals surface area contributed by atoms with Gasteiger partial charge < -0.3 is 11.1 Å². The number of nitrogens with two attached hydrogens (primary N) is 1. The van der Waals surface area contributed by atoms with Crippen LogP contribution in [0.3, 0.4) is 0 Å². The van der Waals surface area contributed by atoms with Gasteiger partial charge in [0.05, 0.1) is 16.3 Å². The normalized spacial score (nSPS) is 11.1. The highest BCUT2D eigenvalue weighted by Gasteiger charge is 2.08. The smallest absolute Gasteiger partial charge is 0.252 e. The topological polar surface area (TPSA) is 67.5 Å². The minimum Gasteiger partial charge on any atom is -0.405 e. The molecule has 0 fully saturated rings. The third-order valence-electron chi connectivity index (χ3n) is 1.85. The van der Waals surface area contributed by atoms with Gasteiger partial charge in [-0.1, -0.05) is 11.6 Å². The molecule has 0 radical (unpaired) electrons. The summed E-state index contributed by atoms with van der Waals surface area (Å²) >= 11 is 5.94. The van der Waals surface area contributed by atoms with Gasteiger partial charge in [-0.05, 0) is 30.5 Å². The quantitative estimate of drug-likeness (QED) is 0.789. The van der Waals surface area contributed by atoms with Crippen LogP contribution in [0.15, 0.2) is 35.5 Å². The van der Waals surface area contributed by atoms with E-state index >= 15 is 0 Å². The minimum atomic E-state index is -0.220. The summed E-state index contributed by atoms with van der Waals surface area (Å²) in [6.07, 6.45) is 4.52. The molecule has 1 amide bonds. The molecule has 0 saturated heterocycles. The number of carbonyl (C=O) groups excluding carboxylic acids is 1. The summed E-state index contributed by atoms with van der Waals surface area (Å²) in [6, 6.07) is 4.95. The van der Waals surface area contributed by atoms with E-state index in [1.807, 2.05) is 0 Å². The van der Waals surface area contributed by atoms with E-state index in [2.05, 4.69) is 10.3 Å². The summed E-state index contributed by atoms with van der Waals surface area (Å²) in [7, 11) is 1.55. The first-order chi connectivity index (χ1) is 7.69. The Labute approximate surface area is 98.8 Å². The lowest BCUT2D eigenvalue weighted by molar-refractivity contribution is 0.0963. The van der Waals surface area contributed by atoms with Crippen LogP contribution in [0.25, 0.3) is 0 Å². The van der Waals surface area contributed by atoms with E-state index in [-0.39, 0.29) is 5.91 Å². The van der Waals surface area contributed by atoms with E-state index in [9.17, 15) is 4.79 Å². The van der Waals surface area contributed by atoms with Crippen LogP contribution in [0.2, 0.25) is 5.02 Å². The predicted octanol–water partition coefficient (Wildman–Crippen LogP) is 1.87. The number of halogens is 1. The summed E-state index contributed by atoms with van der Waals surface area (Å²) in [5, 5.41) is 2.87. The van der Waals surface area contributed by atoms with Crippen LogP contribution in [0.1, 0.15) is 10.4 Å². The molecule has 0 aliphatic heterocycles. The van der Waals surface area contributed by atoms with Crippen molar-refractivity contribution in [2.75, 3.05) is 7.05 Å². The number of nitrogens with one attached hydrogen (secondary N) is 1. The first kappa shape index (κ1) is 12.3. The van der Waals surface area contributed by atoms with Crippen LogP contribution < -0.4 is 11.1 Å². The fourth-order valence-corrected chi connectivity index (χ4v) is 1.34. The van der Waals surface area contributed by atoms with Gasteiger partial charge in [0.2, 0.25) is 0 Å². The molecule has 1 rings (SSSR count). The monoisotopic (exact) mass is 237 g/mol. The van der Waals surface area contributed by atoms with Crippen molar-refractivity contribution in [3.8, 4) is 0 Å². The molecule has 16 heavy (non-hydrogen) atoms. The largest absolute Gasteiger partial charge is 0.405 e. The fourth-order valence-electron chi connectivity index (χ4n) is 1.08. The van der Waals surface area contributed by atoms with Gasteiger partial charge >= 0.3 is 0 Å². The summed E-state index contributed by atoms with van der Waals surface area (Å²) in [6.45, 7) is 0. The van der Waals surface area contributed by atoms with E-state index in [1.54, 1.807) is 37.5 Å². The number of benzene rings is 1. The van der Waals surface area contributed by atoms with E-state index in [4.69, 9.17) is 17.3 Å². The van der Waals surface area contributed by atoms with E-state index in [1.165, 1.54) is 6.20 Å². The molecule has 0 aliphatic rings. The maximum absolute atomic E-state index is 11.3. The maximum Gasteiger partial charge on any atom is 0.252 e. The standard InChI is InChI=1S/C11H12ClN3O/c1-14-11(16)9-4-3-8(7-10(9)12)15-6-2-5-13/h2-7H,13H2,1H3,(H,14,16)/b5-2-,15-6?. The van der Waals surface area contributed by atoms with Crippen molar-refractivity contribution in [1.29, 1.82) is 0 Å². The minimum absolute atomic E-state index is 0.220. The lowest BCUT2D eigenvalue weighted by Gasteiger charge is -2.02. The zero-order valence-corrected chi connectivity index (χ0v) is 9.53. The van der Waals surface area contributed by atoms with Crippen LogP contribution >= 0.6 is 11.6 Å². The molecule has 0 bridgehead atoms. The Balaban J connectivity index is 2.95. The van der Waals surface area contributed by atoms with Crippen molar-refractivity contribution in [1.82, 2.24) is 5.32 Å². The van der Waals surface area contributed by atoms with E-state index in [0.717, 1.165) is 0 Å². The molecule has 4 nitrogen and oxygen atoms in total. The van der Waals surface area contributed by atoms with Gasteiger partial charge in [0.15, 0.2) is 0 Å². The molecule has 0 aromatic heterocycles. The fraction of sp³-hybridized carbons (Fsp3) is 0.0909. The molecule has 0 atom stereocenters. The average molecular weight is 238 g/mol. The molecule has 0 aliphatic carbocycles. The highest BCUT2D eigenvalue weighted by molar-refractivity contribution is 6.34. The summed E-state index contributed by atoms with van der Waals surface area (Å²) < 4.78 is 0. The van der Waals surface area contributed by atoms with Crippen molar-refractivity contribution >= 4 is 29.4 Å². The number of aliphatic imine (C=N–C) groups is 1. The molecular weight excluding hydrogens is 226 g/mol. The summed E-state index contributed by atoms with van der Waals surface area (Å²) in [4.78, 5) is 15.4. The zero-order chi connectivity index (χ0) is 12.0.